The summed E-state index contributed by atoms with van der Waals surface area (Å²) in [4.78, 5) is 4.45. The number of nitriles is 1. The van der Waals surface area contributed by atoms with Gasteiger partial charge in [0.1, 0.15) is 12.2 Å². The minimum absolute atomic E-state index is 0.561. The molecule has 16 heavy (non-hydrogen) atoms. The lowest BCUT2D eigenvalue weighted by Crippen LogP contribution is -2.14. The highest BCUT2D eigenvalue weighted by Crippen LogP contribution is 2.35. The van der Waals surface area contributed by atoms with Crippen LogP contribution >= 0.6 is 0 Å². The number of aromatic nitrogens is 1. The van der Waals surface area contributed by atoms with Gasteiger partial charge < -0.3 is 0 Å². The molecule has 0 aromatic carbocycles. The van der Waals surface area contributed by atoms with Crippen LogP contribution in [0.4, 0.5) is 4.39 Å². The van der Waals surface area contributed by atoms with Crippen LogP contribution in [0.3, 0.4) is 0 Å². The minimum Gasteiger partial charge on any atom is -0.256 e. The second-order valence-electron chi connectivity index (χ2n) is 4.24. The minimum atomic E-state index is -0.936. The van der Waals surface area contributed by atoms with Crippen LogP contribution in [0, 0.1) is 18.3 Å². The largest absolute Gasteiger partial charge is 0.256 e. The maximum atomic E-state index is 13.8. The molecule has 1 aromatic heterocycles. The summed E-state index contributed by atoms with van der Waals surface area (Å²) >= 11 is 0. The van der Waals surface area contributed by atoms with Gasteiger partial charge in [0.2, 0.25) is 0 Å². The Kier molecular flexibility index (Phi) is 2.91. The third kappa shape index (κ3) is 1.59. The van der Waals surface area contributed by atoms with Crippen molar-refractivity contribution in [1.29, 1.82) is 5.26 Å². The maximum Gasteiger partial charge on any atom is 0.127 e. The lowest BCUT2D eigenvalue weighted by Gasteiger charge is -2.22. The van der Waals surface area contributed by atoms with Gasteiger partial charge >= 0.3 is 0 Å². The van der Waals surface area contributed by atoms with E-state index in [-0.39, 0.29) is 0 Å². The number of nitrogens with zero attached hydrogens (tertiary/aromatic N) is 2. The molecule has 0 bridgehead atoms. The van der Waals surface area contributed by atoms with Crippen molar-refractivity contribution in [3.8, 4) is 6.07 Å². The highest BCUT2D eigenvalue weighted by molar-refractivity contribution is 5.48. The van der Waals surface area contributed by atoms with Gasteiger partial charge in [-0.25, -0.2) is 4.39 Å². The predicted molar refractivity (Wildman–Crippen MR) is 59.9 cm³/mol. The van der Waals surface area contributed by atoms with Crippen LogP contribution in [0.5, 0.6) is 0 Å². The molecule has 1 unspecified atom stereocenters. The van der Waals surface area contributed by atoms with Crippen LogP contribution in [-0.2, 0) is 12.8 Å². The Balaban J connectivity index is 2.67. The molecule has 0 saturated carbocycles. The van der Waals surface area contributed by atoms with Crippen molar-refractivity contribution in [2.75, 3.05) is 0 Å². The fraction of sp³-hybridized carbons (Fsp3) is 0.538. The summed E-state index contributed by atoms with van der Waals surface area (Å²) < 4.78 is 13.8. The number of alkyl halides is 1. The molecule has 3 heteroatoms. The molecule has 0 aliphatic heterocycles. The summed E-state index contributed by atoms with van der Waals surface area (Å²) in [7, 11) is 0. The van der Waals surface area contributed by atoms with E-state index in [4.69, 9.17) is 5.26 Å². The number of rotatable bonds is 1. The van der Waals surface area contributed by atoms with E-state index >= 15 is 0 Å². The molecule has 0 radical (unpaired) electrons. The Hall–Kier alpha value is -1.43. The van der Waals surface area contributed by atoms with Crippen LogP contribution in [0.1, 0.15) is 54.0 Å². The van der Waals surface area contributed by atoms with Crippen LogP contribution in [0.15, 0.2) is 0 Å². The number of fused-ring (bicyclic) bond motifs is 1. The summed E-state index contributed by atoms with van der Waals surface area (Å²) in [6.07, 6.45) is 2.05. The second-order valence-corrected chi connectivity index (χ2v) is 4.24. The zero-order chi connectivity index (χ0) is 11.7. The Morgan fingerprint density at radius 1 is 1.56 bits per heavy atom. The Morgan fingerprint density at radius 2 is 2.31 bits per heavy atom. The van der Waals surface area contributed by atoms with Crippen LogP contribution in [0.25, 0.3) is 0 Å². The van der Waals surface area contributed by atoms with Gasteiger partial charge in [0.15, 0.2) is 0 Å². The van der Waals surface area contributed by atoms with E-state index in [0.717, 1.165) is 36.2 Å². The first kappa shape index (κ1) is 11.1. The highest BCUT2D eigenvalue weighted by atomic mass is 19.1. The normalized spacial score (nSPS) is 19.0. The smallest absolute Gasteiger partial charge is 0.127 e. The van der Waals surface area contributed by atoms with E-state index in [1.807, 2.05) is 13.8 Å². The van der Waals surface area contributed by atoms with Gasteiger partial charge in [-0.15, -0.1) is 0 Å². The Bertz CT molecular complexity index is 460. The number of hydrogen-bond donors (Lipinski definition) is 0. The van der Waals surface area contributed by atoms with Crippen molar-refractivity contribution in [3.63, 3.8) is 0 Å². The predicted octanol–water partition coefficient (Wildman–Crippen LogP) is 3.17. The molecule has 0 fully saturated rings. The van der Waals surface area contributed by atoms with Gasteiger partial charge in [-0.05, 0) is 38.2 Å². The molecular formula is C13H15FN2. The van der Waals surface area contributed by atoms with Gasteiger partial charge in [0.05, 0.1) is 11.3 Å². The third-order valence-corrected chi connectivity index (χ3v) is 3.28. The standard InChI is InChI=1S/C13H15FN2/c1-3-11-9(7-15)8(2)13-10(14)5-4-6-12(13)16-11/h10H,3-6H2,1-2H3. The fourth-order valence-corrected chi connectivity index (χ4v) is 2.45. The van der Waals surface area contributed by atoms with Crippen molar-refractivity contribution in [2.24, 2.45) is 0 Å². The molecule has 84 valence electrons. The number of halogens is 1. The first-order valence-corrected chi connectivity index (χ1v) is 5.75. The SMILES string of the molecule is CCc1nc2c(c(C)c1C#N)C(F)CCC2. The number of pyridine rings is 1. The zero-order valence-electron chi connectivity index (χ0n) is 9.68. The molecule has 1 atom stereocenters. The van der Waals surface area contributed by atoms with Gasteiger partial charge in [-0.1, -0.05) is 6.92 Å². The number of aryl methyl sites for hydroxylation is 2. The van der Waals surface area contributed by atoms with Crippen LogP contribution < -0.4 is 0 Å². The fourth-order valence-electron chi connectivity index (χ4n) is 2.45. The molecule has 1 aromatic rings. The molecule has 0 amide bonds. The van der Waals surface area contributed by atoms with Crippen LogP contribution in [0.2, 0.25) is 0 Å². The van der Waals surface area contributed by atoms with Crippen molar-refractivity contribution in [3.05, 3.63) is 28.1 Å². The van der Waals surface area contributed by atoms with Crippen molar-refractivity contribution < 1.29 is 4.39 Å². The van der Waals surface area contributed by atoms with Gasteiger partial charge in [-0.3, -0.25) is 4.98 Å². The van der Waals surface area contributed by atoms with Gasteiger partial charge in [0.25, 0.3) is 0 Å². The van der Waals surface area contributed by atoms with Crippen LogP contribution in [-0.4, -0.2) is 4.98 Å². The molecular weight excluding hydrogens is 203 g/mol. The first-order chi connectivity index (χ1) is 7.69. The second kappa shape index (κ2) is 4.21. The zero-order valence-corrected chi connectivity index (χ0v) is 9.68. The van der Waals surface area contributed by atoms with E-state index in [1.54, 1.807) is 0 Å². The van der Waals surface area contributed by atoms with Crippen molar-refractivity contribution in [2.45, 2.75) is 45.7 Å². The molecule has 0 N–H and O–H groups in total. The van der Waals surface area contributed by atoms with E-state index in [2.05, 4.69) is 11.1 Å². The molecule has 2 nitrogen and oxygen atoms in total. The third-order valence-electron chi connectivity index (χ3n) is 3.28. The van der Waals surface area contributed by atoms with E-state index < -0.39 is 6.17 Å². The van der Waals surface area contributed by atoms with E-state index in [0.29, 0.717) is 17.5 Å². The average molecular weight is 218 g/mol. The lowest BCUT2D eigenvalue weighted by atomic mass is 9.88. The summed E-state index contributed by atoms with van der Waals surface area (Å²) in [5, 5.41) is 9.11. The molecule has 0 saturated heterocycles. The summed E-state index contributed by atoms with van der Waals surface area (Å²) in [6.45, 7) is 3.82. The first-order valence-electron chi connectivity index (χ1n) is 5.75. The number of hydrogen-bond acceptors (Lipinski definition) is 2. The quantitative estimate of drug-likeness (QED) is 0.726. The van der Waals surface area contributed by atoms with Gasteiger partial charge in [0, 0.05) is 11.3 Å². The molecule has 1 heterocycles. The van der Waals surface area contributed by atoms with Gasteiger partial charge in [-0.2, -0.15) is 5.26 Å². The highest BCUT2D eigenvalue weighted by Gasteiger charge is 2.25. The Labute approximate surface area is 95.1 Å². The van der Waals surface area contributed by atoms with Crippen molar-refractivity contribution in [1.82, 2.24) is 4.98 Å². The summed E-state index contributed by atoms with van der Waals surface area (Å²) in [6, 6.07) is 2.16. The summed E-state index contributed by atoms with van der Waals surface area (Å²) in [5.74, 6) is 0. The summed E-state index contributed by atoms with van der Waals surface area (Å²) in [5.41, 5.74) is 3.74. The van der Waals surface area contributed by atoms with E-state index in [9.17, 15) is 4.39 Å². The molecule has 1 aliphatic carbocycles. The van der Waals surface area contributed by atoms with Crippen molar-refractivity contribution >= 4 is 0 Å². The van der Waals surface area contributed by atoms with E-state index in [1.165, 1.54) is 0 Å². The maximum absolute atomic E-state index is 13.8. The monoisotopic (exact) mass is 218 g/mol. The molecule has 0 spiro atoms. The molecule has 1 aliphatic rings. The topological polar surface area (TPSA) is 36.7 Å². The lowest BCUT2D eigenvalue weighted by molar-refractivity contribution is 0.298. The average Bonchev–Trinajstić information content (AvgIpc) is 2.28. The molecule has 2 rings (SSSR count). The Morgan fingerprint density at radius 3 is 2.94 bits per heavy atom.